The molecule has 0 saturated carbocycles. The predicted molar refractivity (Wildman–Crippen MR) is 287 cm³/mol. The highest BCUT2D eigenvalue weighted by Crippen LogP contribution is 2.42. The van der Waals surface area contributed by atoms with Crippen molar-refractivity contribution in [3.05, 3.63) is 243 Å². The van der Waals surface area contributed by atoms with E-state index in [1.165, 1.54) is 0 Å². The quantitative estimate of drug-likeness (QED) is 0.141. The van der Waals surface area contributed by atoms with Crippen LogP contribution in [-0.2, 0) is 0 Å². The van der Waals surface area contributed by atoms with Gasteiger partial charge in [0.05, 0.1) is 33.8 Å². The van der Waals surface area contributed by atoms with Gasteiger partial charge in [0.2, 0.25) is 0 Å². The molecule has 13 rings (SSSR count). The monoisotopic (exact) mass is 892 g/mol. The van der Waals surface area contributed by atoms with Crippen LogP contribution in [0.15, 0.2) is 243 Å². The summed E-state index contributed by atoms with van der Waals surface area (Å²) in [5.74, 6) is 1.24. The molecule has 6 heteroatoms. The molecule has 4 heterocycles. The lowest BCUT2D eigenvalue weighted by Gasteiger charge is -2.16. The van der Waals surface area contributed by atoms with E-state index < -0.39 is 0 Å². The molecule has 9 aromatic carbocycles. The minimum atomic E-state index is 0.619. The summed E-state index contributed by atoms with van der Waals surface area (Å²) in [6, 6.07) is 83.8. The number of rotatable bonds is 8. The molecule has 0 aliphatic heterocycles. The second kappa shape index (κ2) is 17.3. The van der Waals surface area contributed by atoms with Gasteiger partial charge in [-0.25, -0.2) is 29.9 Å². The van der Waals surface area contributed by atoms with Crippen LogP contribution in [0.1, 0.15) is 0 Å². The van der Waals surface area contributed by atoms with Crippen LogP contribution in [0.2, 0.25) is 0 Å². The summed E-state index contributed by atoms with van der Waals surface area (Å²) < 4.78 is 0. The third kappa shape index (κ3) is 7.32. The molecule has 6 nitrogen and oxygen atoms in total. The first-order valence-corrected chi connectivity index (χ1v) is 23.4. The van der Waals surface area contributed by atoms with Gasteiger partial charge in [0.1, 0.15) is 11.0 Å². The molecular formula is C64H40N6. The van der Waals surface area contributed by atoms with Crippen LogP contribution in [0.25, 0.3) is 134 Å². The fourth-order valence-corrected chi connectivity index (χ4v) is 9.67. The summed E-state index contributed by atoms with van der Waals surface area (Å²) in [4.78, 5) is 32.4. The molecule has 326 valence electrons. The lowest BCUT2D eigenvalue weighted by atomic mass is 9.94. The Balaban J connectivity index is 1.07. The molecule has 0 saturated heterocycles. The van der Waals surface area contributed by atoms with Crippen molar-refractivity contribution in [2.24, 2.45) is 0 Å². The van der Waals surface area contributed by atoms with Gasteiger partial charge in [0, 0.05) is 54.9 Å². The number of benzene rings is 9. The van der Waals surface area contributed by atoms with Gasteiger partial charge >= 0.3 is 0 Å². The molecular weight excluding hydrogens is 853 g/mol. The average molecular weight is 893 g/mol. The van der Waals surface area contributed by atoms with Gasteiger partial charge < -0.3 is 0 Å². The second-order valence-corrected chi connectivity index (χ2v) is 17.4. The summed E-state index contributed by atoms with van der Waals surface area (Å²) in [6.07, 6.45) is 0. The molecule has 0 radical (unpaired) electrons. The van der Waals surface area contributed by atoms with Crippen molar-refractivity contribution in [1.29, 1.82) is 0 Å². The van der Waals surface area contributed by atoms with E-state index in [9.17, 15) is 0 Å². The van der Waals surface area contributed by atoms with Crippen molar-refractivity contribution in [2.45, 2.75) is 0 Å². The van der Waals surface area contributed by atoms with E-state index in [-0.39, 0.29) is 0 Å². The second-order valence-electron chi connectivity index (χ2n) is 17.4. The van der Waals surface area contributed by atoms with Gasteiger partial charge in [0.25, 0.3) is 0 Å². The zero-order valence-corrected chi connectivity index (χ0v) is 37.8. The van der Waals surface area contributed by atoms with Crippen LogP contribution in [0.3, 0.4) is 0 Å². The Morgan fingerprint density at radius 3 is 0.871 bits per heavy atom. The Hall–Kier alpha value is -9.52. The first-order valence-electron chi connectivity index (χ1n) is 23.4. The van der Waals surface area contributed by atoms with E-state index >= 15 is 0 Å². The summed E-state index contributed by atoms with van der Waals surface area (Å²) in [7, 11) is 0. The van der Waals surface area contributed by atoms with Crippen molar-refractivity contribution in [3.8, 4) is 90.1 Å². The van der Waals surface area contributed by atoms with E-state index in [0.29, 0.717) is 11.6 Å². The van der Waals surface area contributed by atoms with Crippen LogP contribution in [0.4, 0.5) is 0 Å². The highest BCUT2D eigenvalue weighted by Gasteiger charge is 2.21. The number of aromatic nitrogens is 6. The zero-order chi connectivity index (χ0) is 46.4. The first kappa shape index (κ1) is 40.7. The molecule has 0 N–H and O–H groups in total. The Kier molecular flexibility index (Phi) is 10.1. The largest absolute Gasteiger partial charge is 0.245 e. The maximum Gasteiger partial charge on any atom is 0.160 e. The van der Waals surface area contributed by atoms with Crippen molar-refractivity contribution >= 4 is 43.6 Å². The number of pyridine rings is 2. The maximum absolute atomic E-state index is 5.43. The molecule has 0 bridgehead atoms. The molecule has 0 aliphatic rings. The minimum Gasteiger partial charge on any atom is -0.245 e. The van der Waals surface area contributed by atoms with E-state index in [0.717, 1.165) is 122 Å². The van der Waals surface area contributed by atoms with Gasteiger partial charge in [-0.05, 0) is 52.6 Å². The molecule has 13 aromatic rings. The Morgan fingerprint density at radius 1 is 0.200 bits per heavy atom. The molecule has 0 spiro atoms. The number of hydrogen-bond acceptors (Lipinski definition) is 6. The molecule has 4 aromatic heterocycles. The maximum atomic E-state index is 5.43. The Morgan fingerprint density at radius 2 is 0.500 bits per heavy atom. The van der Waals surface area contributed by atoms with Gasteiger partial charge in [-0.2, -0.15) is 0 Å². The van der Waals surface area contributed by atoms with Crippen molar-refractivity contribution in [1.82, 2.24) is 29.9 Å². The SMILES string of the molecule is c1ccc(-c2cc(-c3ccccc3)c3ccc4c(-c5cccc(-c6nc(-c7ccccc7)nc7c6ccc6c(-c8ccccc8)cc(-c8ccccc8)nc67)c5)nc(-c5ccccc5)nc4c3n2)cc1. The standard InChI is InChI=1S/C64H40N6/c1-7-20-41(21-8-1)53-39-55(43-24-11-3-12-25-43)65-59-49(53)34-36-51-57(67-63(69-61(51)59)45-28-15-5-16-29-45)47-32-19-33-48(38-47)58-52-37-35-50-54(42-22-9-2-10-23-42)40-56(44-26-13-4-14-27-44)66-60(50)62(52)70-64(68-58)46-30-17-6-18-31-46/h1-40H. The predicted octanol–water partition coefficient (Wildman–Crippen LogP) is 16.0. The number of hydrogen-bond donors (Lipinski definition) is 0. The van der Waals surface area contributed by atoms with Crippen molar-refractivity contribution in [3.63, 3.8) is 0 Å². The highest BCUT2D eigenvalue weighted by atomic mass is 14.9. The first-order chi connectivity index (χ1) is 34.7. The van der Waals surface area contributed by atoms with E-state index in [1.807, 2.05) is 48.5 Å². The molecule has 70 heavy (non-hydrogen) atoms. The van der Waals surface area contributed by atoms with Crippen LogP contribution < -0.4 is 0 Å². The van der Waals surface area contributed by atoms with Crippen LogP contribution in [0.5, 0.6) is 0 Å². The smallest absolute Gasteiger partial charge is 0.160 e. The lowest BCUT2D eigenvalue weighted by Crippen LogP contribution is -1.99. The summed E-state index contributed by atoms with van der Waals surface area (Å²) in [5, 5.41) is 3.83. The van der Waals surface area contributed by atoms with Crippen molar-refractivity contribution in [2.75, 3.05) is 0 Å². The van der Waals surface area contributed by atoms with Crippen molar-refractivity contribution < 1.29 is 0 Å². The number of fused-ring (bicyclic) bond motifs is 6. The third-order valence-electron chi connectivity index (χ3n) is 13.1. The Bertz CT molecular complexity index is 3810. The van der Waals surface area contributed by atoms with E-state index in [4.69, 9.17) is 29.9 Å². The summed E-state index contributed by atoms with van der Waals surface area (Å²) >= 11 is 0. The minimum absolute atomic E-state index is 0.619. The summed E-state index contributed by atoms with van der Waals surface area (Å²) in [6.45, 7) is 0. The van der Waals surface area contributed by atoms with Gasteiger partial charge in [-0.3, -0.25) is 0 Å². The lowest BCUT2D eigenvalue weighted by molar-refractivity contribution is 1.22. The molecule has 0 fully saturated rings. The molecule has 0 amide bonds. The fourth-order valence-electron chi connectivity index (χ4n) is 9.67. The molecule has 0 atom stereocenters. The summed E-state index contributed by atoms with van der Waals surface area (Å²) in [5.41, 5.74) is 16.7. The molecule has 0 aliphatic carbocycles. The zero-order valence-electron chi connectivity index (χ0n) is 37.8. The van der Waals surface area contributed by atoms with Gasteiger partial charge in [-0.15, -0.1) is 0 Å². The topological polar surface area (TPSA) is 77.3 Å². The Labute approximate surface area is 404 Å². The fraction of sp³-hybridized carbons (Fsp3) is 0. The van der Waals surface area contributed by atoms with E-state index in [1.54, 1.807) is 0 Å². The van der Waals surface area contributed by atoms with Crippen LogP contribution >= 0.6 is 0 Å². The van der Waals surface area contributed by atoms with Crippen LogP contribution in [0, 0.1) is 0 Å². The van der Waals surface area contributed by atoms with Gasteiger partial charge in [-0.1, -0.05) is 212 Å². The normalized spacial score (nSPS) is 11.4. The average Bonchev–Trinajstić information content (AvgIpc) is 3.45. The molecule has 0 unspecified atom stereocenters. The van der Waals surface area contributed by atoms with Gasteiger partial charge in [0.15, 0.2) is 11.6 Å². The third-order valence-corrected chi connectivity index (χ3v) is 13.1. The van der Waals surface area contributed by atoms with E-state index in [2.05, 4.69) is 194 Å². The number of nitrogens with zero attached hydrogens (tertiary/aromatic N) is 6. The highest BCUT2D eigenvalue weighted by molar-refractivity contribution is 6.14. The van der Waals surface area contributed by atoms with Crippen LogP contribution in [-0.4, -0.2) is 29.9 Å².